The summed E-state index contributed by atoms with van der Waals surface area (Å²) in [6, 6.07) is 20.0. The molecule has 0 aliphatic carbocycles. The van der Waals surface area contributed by atoms with Crippen LogP contribution >= 0.6 is 0 Å². The lowest BCUT2D eigenvalue weighted by Crippen LogP contribution is -2.29. The molecule has 1 aliphatic rings. The fourth-order valence-electron chi connectivity index (χ4n) is 4.32. The number of ether oxygens (including phenoxy) is 2. The Morgan fingerprint density at radius 1 is 1.03 bits per heavy atom. The molecule has 5 rings (SSSR count). The molecular formula is C29H23FN2O6. The highest BCUT2D eigenvalue weighted by molar-refractivity contribution is 6.51. The summed E-state index contributed by atoms with van der Waals surface area (Å²) in [5.41, 5.74) is 1.42. The van der Waals surface area contributed by atoms with Crippen LogP contribution in [0.4, 0.5) is 10.2 Å². The van der Waals surface area contributed by atoms with Crippen LogP contribution in [0.15, 0.2) is 89.0 Å². The van der Waals surface area contributed by atoms with E-state index in [1.807, 2.05) is 30.3 Å². The molecule has 9 heteroatoms. The van der Waals surface area contributed by atoms with Gasteiger partial charge >= 0.3 is 5.91 Å². The van der Waals surface area contributed by atoms with E-state index in [0.29, 0.717) is 29.4 Å². The lowest BCUT2D eigenvalue weighted by atomic mass is 9.95. The SMILES string of the molecule is COc1cc([C@H]2/C(=C(\O)c3ccc(F)cc3)C(=O)C(=O)N2c2cc(C)on2)ccc1OCc1ccccc1. The van der Waals surface area contributed by atoms with Crippen LogP contribution in [-0.2, 0) is 16.2 Å². The second-order valence-electron chi connectivity index (χ2n) is 8.66. The molecule has 1 fully saturated rings. The number of carbonyl (C=O) groups is 2. The molecule has 4 aromatic rings. The summed E-state index contributed by atoms with van der Waals surface area (Å²) in [7, 11) is 1.48. The number of methoxy groups -OCH3 is 1. The quantitative estimate of drug-likeness (QED) is 0.202. The zero-order chi connectivity index (χ0) is 26.8. The zero-order valence-corrected chi connectivity index (χ0v) is 20.6. The number of nitrogens with zero attached hydrogens (tertiary/aromatic N) is 2. The van der Waals surface area contributed by atoms with Crippen LogP contribution in [-0.4, -0.2) is 29.1 Å². The normalized spacial score (nSPS) is 16.6. The van der Waals surface area contributed by atoms with Crippen LogP contribution < -0.4 is 14.4 Å². The Morgan fingerprint density at radius 2 is 1.76 bits per heavy atom. The minimum absolute atomic E-state index is 0.108. The molecule has 0 spiro atoms. The van der Waals surface area contributed by atoms with Gasteiger partial charge in [-0.25, -0.2) is 4.39 Å². The third kappa shape index (κ3) is 4.61. The van der Waals surface area contributed by atoms with Crippen LogP contribution in [0.25, 0.3) is 5.76 Å². The highest BCUT2D eigenvalue weighted by Gasteiger charge is 2.48. The maximum atomic E-state index is 13.5. The predicted octanol–water partition coefficient (Wildman–Crippen LogP) is 5.34. The fourth-order valence-corrected chi connectivity index (χ4v) is 4.32. The highest BCUT2D eigenvalue weighted by Crippen LogP contribution is 2.44. The molecular weight excluding hydrogens is 491 g/mol. The molecule has 0 saturated carbocycles. The first-order valence-corrected chi connectivity index (χ1v) is 11.7. The van der Waals surface area contributed by atoms with Gasteiger partial charge in [0, 0.05) is 11.6 Å². The molecule has 192 valence electrons. The largest absolute Gasteiger partial charge is 0.507 e. The molecule has 1 saturated heterocycles. The number of halogens is 1. The monoisotopic (exact) mass is 514 g/mol. The van der Waals surface area contributed by atoms with E-state index in [-0.39, 0.29) is 17.0 Å². The summed E-state index contributed by atoms with van der Waals surface area (Å²) in [6.07, 6.45) is 0. The van der Waals surface area contributed by atoms with Crippen molar-refractivity contribution in [2.24, 2.45) is 0 Å². The van der Waals surface area contributed by atoms with Gasteiger partial charge in [-0.3, -0.25) is 14.5 Å². The van der Waals surface area contributed by atoms with Gasteiger partial charge in [-0.1, -0.05) is 41.6 Å². The summed E-state index contributed by atoms with van der Waals surface area (Å²) in [5.74, 6) is -1.41. The van der Waals surface area contributed by atoms with Crippen LogP contribution in [0.2, 0.25) is 0 Å². The Labute approximate surface area is 217 Å². The first-order chi connectivity index (χ1) is 18.4. The van der Waals surface area contributed by atoms with Gasteiger partial charge in [-0.05, 0) is 54.4 Å². The van der Waals surface area contributed by atoms with Gasteiger partial charge in [0.2, 0.25) is 0 Å². The maximum absolute atomic E-state index is 13.5. The molecule has 3 aromatic carbocycles. The van der Waals surface area contributed by atoms with E-state index in [9.17, 15) is 19.1 Å². The number of aliphatic hydroxyl groups is 1. The number of Topliss-reactive ketones (excluding diaryl/α,β-unsaturated/α-hetero) is 1. The molecule has 0 bridgehead atoms. The van der Waals surface area contributed by atoms with Crippen LogP contribution in [0.5, 0.6) is 11.5 Å². The van der Waals surface area contributed by atoms with Crippen molar-refractivity contribution in [2.75, 3.05) is 12.0 Å². The predicted molar refractivity (Wildman–Crippen MR) is 136 cm³/mol. The van der Waals surface area contributed by atoms with Crippen molar-refractivity contribution in [2.45, 2.75) is 19.6 Å². The summed E-state index contributed by atoms with van der Waals surface area (Å²) >= 11 is 0. The molecule has 0 radical (unpaired) electrons. The summed E-state index contributed by atoms with van der Waals surface area (Å²) in [6.45, 7) is 1.96. The van der Waals surface area contributed by atoms with Gasteiger partial charge in [0.1, 0.15) is 23.9 Å². The Hall–Kier alpha value is -4.92. The van der Waals surface area contributed by atoms with Gasteiger partial charge in [0.05, 0.1) is 18.7 Å². The third-order valence-electron chi connectivity index (χ3n) is 6.17. The second kappa shape index (κ2) is 10.2. The Morgan fingerprint density at radius 3 is 2.42 bits per heavy atom. The lowest BCUT2D eigenvalue weighted by Gasteiger charge is -2.23. The number of aryl methyl sites for hydroxylation is 1. The second-order valence-corrected chi connectivity index (χ2v) is 8.66. The molecule has 1 aromatic heterocycles. The molecule has 1 N–H and O–H groups in total. The van der Waals surface area contributed by atoms with Gasteiger partial charge in [0.25, 0.3) is 5.78 Å². The fraction of sp³-hybridized carbons (Fsp3) is 0.138. The van der Waals surface area contributed by atoms with Crippen molar-refractivity contribution < 1.29 is 33.1 Å². The smallest absolute Gasteiger partial charge is 0.301 e. The maximum Gasteiger partial charge on any atom is 0.301 e. The topological polar surface area (TPSA) is 102 Å². The molecule has 1 aliphatic heterocycles. The van der Waals surface area contributed by atoms with E-state index in [4.69, 9.17) is 14.0 Å². The molecule has 38 heavy (non-hydrogen) atoms. The summed E-state index contributed by atoms with van der Waals surface area (Å²) < 4.78 is 30.2. The van der Waals surface area contributed by atoms with Crippen molar-refractivity contribution >= 4 is 23.3 Å². The first-order valence-electron chi connectivity index (χ1n) is 11.7. The molecule has 2 heterocycles. The van der Waals surface area contributed by atoms with E-state index in [1.54, 1.807) is 25.1 Å². The third-order valence-corrected chi connectivity index (χ3v) is 6.17. The van der Waals surface area contributed by atoms with Crippen molar-refractivity contribution in [1.82, 2.24) is 5.16 Å². The van der Waals surface area contributed by atoms with Crippen LogP contribution in [0.1, 0.15) is 28.5 Å². The van der Waals surface area contributed by atoms with E-state index in [2.05, 4.69) is 5.16 Å². The lowest BCUT2D eigenvalue weighted by molar-refractivity contribution is -0.132. The average molecular weight is 515 g/mol. The first kappa shape index (κ1) is 24.8. The zero-order valence-electron chi connectivity index (χ0n) is 20.6. The van der Waals surface area contributed by atoms with E-state index >= 15 is 0 Å². The van der Waals surface area contributed by atoms with Crippen LogP contribution in [0.3, 0.4) is 0 Å². The van der Waals surface area contributed by atoms with Gasteiger partial charge in [-0.15, -0.1) is 0 Å². The number of hydrogen-bond acceptors (Lipinski definition) is 7. The standard InChI is InChI=1S/C29H23FN2O6/c1-17-14-24(31-38-17)32-26(25(28(34)29(32)35)27(33)19-8-11-21(30)12-9-19)20-10-13-22(23(15-20)36-2)37-16-18-6-4-3-5-7-18/h3-15,26,33H,16H2,1-2H3/b27-25+/t26-/m0/s1. The Balaban J connectivity index is 1.60. The number of carbonyl (C=O) groups excluding carboxylic acids is 2. The average Bonchev–Trinajstić information content (AvgIpc) is 3.48. The van der Waals surface area contributed by atoms with E-state index < -0.39 is 29.3 Å². The molecule has 0 unspecified atom stereocenters. The van der Waals surface area contributed by atoms with Gasteiger partial charge < -0.3 is 19.1 Å². The Kier molecular flexibility index (Phi) is 6.66. The van der Waals surface area contributed by atoms with Gasteiger partial charge in [-0.2, -0.15) is 0 Å². The molecule has 1 amide bonds. The number of aromatic nitrogens is 1. The van der Waals surface area contributed by atoms with Crippen molar-refractivity contribution in [3.63, 3.8) is 0 Å². The van der Waals surface area contributed by atoms with Crippen molar-refractivity contribution in [3.8, 4) is 11.5 Å². The highest BCUT2D eigenvalue weighted by atomic mass is 19.1. The number of amides is 1. The number of anilines is 1. The van der Waals surface area contributed by atoms with E-state index in [0.717, 1.165) is 22.6 Å². The number of rotatable bonds is 7. The van der Waals surface area contributed by atoms with Crippen LogP contribution in [0, 0.1) is 12.7 Å². The number of benzene rings is 3. The Bertz CT molecular complexity index is 1530. The molecule has 1 atom stereocenters. The number of aliphatic hydroxyl groups excluding tert-OH is 1. The number of hydrogen-bond donors (Lipinski definition) is 1. The van der Waals surface area contributed by atoms with E-state index in [1.165, 1.54) is 25.3 Å². The minimum Gasteiger partial charge on any atom is -0.507 e. The minimum atomic E-state index is -1.07. The van der Waals surface area contributed by atoms with Gasteiger partial charge in [0.15, 0.2) is 17.3 Å². The van der Waals surface area contributed by atoms with Crippen molar-refractivity contribution in [3.05, 3.63) is 113 Å². The number of ketones is 1. The summed E-state index contributed by atoms with van der Waals surface area (Å²) in [5, 5.41) is 15.1. The summed E-state index contributed by atoms with van der Waals surface area (Å²) in [4.78, 5) is 27.6. The molecule has 8 nitrogen and oxygen atoms in total. The van der Waals surface area contributed by atoms with Crippen molar-refractivity contribution in [1.29, 1.82) is 0 Å².